The standard InChI is InChI=1S/C16H20BrNO/c1-4-11(2)12-5-7-13(8-6-12)16(18-3)14-9-10-15(17)19-14/h5-11,16,18H,4H2,1-3H3. The zero-order valence-electron chi connectivity index (χ0n) is 11.6. The molecule has 1 aromatic carbocycles. The molecule has 0 fully saturated rings. The normalized spacial score (nSPS) is 14.3. The molecule has 19 heavy (non-hydrogen) atoms. The van der Waals surface area contributed by atoms with Gasteiger partial charge in [0.05, 0.1) is 6.04 Å². The number of nitrogens with one attached hydrogen (secondary N) is 1. The second-order valence-electron chi connectivity index (χ2n) is 4.84. The third-order valence-corrected chi connectivity index (χ3v) is 4.04. The van der Waals surface area contributed by atoms with Crippen LogP contribution in [0.2, 0.25) is 0 Å². The maximum Gasteiger partial charge on any atom is 0.169 e. The summed E-state index contributed by atoms with van der Waals surface area (Å²) in [6.07, 6.45) is 1.17. The van der Waals surface area contributed by atoms with E-state index in [0.29, 0.717) is 5.92 Å². The molecule has 0 aliphatic rings. The molecule has 0 bridgehead atoms. The number of halogens is 1. The van der Waals surface area contributed by atoms with Crippen molar-refractivity contribution in [1.29, 1.82) is 0 Å². The summed E-state index contributed by atoms with van der Waals surface area (Å²) in [5, 5.41) is 3.30. The van der Waals surface area contributed by atoms with Gasteiger partial charge in [0.15, 0.2) is 4.67 Å². The van der Waals surface area contributed by atoms with E-state index in [2.05, 4.69) is 59.4 Å². The summed E-state index contributed by atoms with van der Waals surface area (Å²) in [6, 6.07) is 12.8. The highest BCUT2D eigenvalue weighted by Gasteiger charge is 2.16. The van der Waals surface area contributed by atoms with E-state index in [1.54, 1.807) is 0 Å². The molecule has 2 atom stereocenters. The highest BCUT2D eigenvalue weighted by atomic mass is 79.9. The first-order chi connectivity index (χ1) is 9.15. The van der Waals surface area contributed by atoms with E-state index in [1.165, 1.54) is 17.5 Å². The average Bonchev–Trinajstić information content (AvgIpc) is 2.86. The Labute approximate surface area is 123 Å². The summed E-state index contributed by atoms with van der Waals surface area (Å²) in [6.45, 7) is 4.48. The van der Waals surface area contributed by atoms with Gasteiger partial charge in [-0.1, -0.05) is 38.1 Å². The van der Waals surface area contributed by atoms with E-state index in [1.807, 2.05) is 19.2 Å². The van der Waals surface area contributed by atoms with Gasteiger partial charge in [0, 0.05) is 0 Å². The van der Waals surface area contributed by atoms with Crippen molar-refractivity contribution >= 4 is 15.9 Å². The van der Waals surface area contributed by atoms with Crippen molar-refractivity contribution < 1.29 is 4.42 Å². The molecule has 0 radical (unpaired) electrons. The van der Waals surface area contributed by atoms with E-state index in [-0.39, 0.29) is 6.04 Å². The van der Waals surface area contributed by atoms with Gasteiger partial charge in [-0.25, -0.2) is 0 Å². The van der Waals surface area contributed by atoms with Crippen molar-refractivity contribution in [3.63, 3.8) is 0 Å². The Morgan fingerprint density at radius 1 is 1.11 bits per heavy atom. The first-order valence-corrected chi connectivity index (χ1v) is 7.47. The Hall–Kier alpha value is -1.06. The summed E-state index contributed by atoms with van der Waals surface area (Å²) in [5.74, 6) is 1.53. The number of rotatable bonds is 5. The van der Waals surface area contributed by atoms with E-state index in [9.17, 15) is 0 Å². The van der Waals surface area contributed by atoms with Gasteiger partial charge in [-0.3, -0.25) is 0 Å². The highest BCUT2D eigenvalue weighted by molar-refractivity contribution is 9.10. The van der Waals surface area contributed by atoms with Crippen LogP contribution in [-0.4, -0.2) is 7.05 Å². The van der Waals surface area contributed by atoms with Crippen molar-refractivity contribution in [2.24, 2.45) is 0 Å². The Balaban J connectivity index is 2.24. The molecule has 1 aromatic heterocycles. The molecule has 0 spiro atoms. The zero-order chi connectivity index (χ0) is 13.8. The molecular weight excluding hydrogens is 302 g/mol. The fourth-order valence-electron chi connectivity index (χ4n) is 2.21. The van der Waals surface area contributed by atoms with Gasteiger partial charge in [-0.15, -0.1) is 0 Å². The van der Waals surface area contributed by atoms with Crippen LogP contribution in [-0.2, 0) is 0 Å². The molecule has 0 saturated heterocycles. The van der Waals surface area contributed by atoms with Gasteiger partial charge >= 0.3 is 0 Å². The molecule has 1 N–H and O–H groups in total. The predicted molar refractivity (Wildman–Crippen MR) is 82.5 cm³/mol. The molecule has 3 heteroatoms. The molecule has 1 heterocycles. The smallest absolute Gasteiger partial charge is 0.169 e. The molecular formula is C16H20BrNO. The second kappa shape index (κ2) is 6.40. The van der Waals surface area contributed by atoms with Gasteiger partial charge in [0.2, 0.25) is 0 Å². The average molecular weight is 322 g/mol. The summed E-state index contributed by atoms with van der Waals surface area (Å²) < 4.78 is 6.41. The monoisotopic (exact) mass is 321 g/mol. The predicted octanol–water partition coefficient (Wildman–Crippen LogP) is 4.86. The second-order valence-corrected chi connectivity index (χ2v) is 5.62. The third kappa shape index (κ3) is 3.28. The van der Waals surface area contributed by atoms with E-state index in [0.717, 1.165) is 10.4 Å². The Kier molecular flexibility index (Phi) is 4.83. The Morgan fingerprint density at radius 3 is 2.21 bits per heavy atom. The minimum Gasteiger partial charge on any atom is -0.452 e. The largest absolute Gasteiger partial charge is 0.452 e. The van der Waals surface area contributed by atoms with Crippen LogP contribution in [0.4, 0.5) is 0 Å². The van der Waals surface area contributed by atoms with Crippen LogP contribution < -0.4 is 5.32 Å². The molecule has 0 aliphatic carbocycles. The quantitative estimate of drug-likeness (QED) is 0.850. The van der Waals surface area contributed by atoms with Gasteiger partial charge in [0.1, 0.15) is 5.76 Å². The molecule has 0 aliphatic heterocycles. The molecule has 102 valence electrons. The molecule has 2 aromatic rings. The molecule has 2 rings (SSSR count). The third-order valence-electron chi connectivity index (χ3n) is 3.62. The minimum atomic E-state index is 0.0947. The van der Waals surface area contributed by atoms with Crippen molar-refractivity contribution in [3.8, 4) is 0 Å². The first-order valence-electron chi connectivity index (χ1n) is 6.68. The fourth-order valence-corrected chi connectivity index (χ4v) is 2.53. The van der Waals surface area contributed by atoms with Crippen LogP contribution >= 0.6 is 15.9 Å². The maximum absolute atomic E-state index is 5.64. The van der Waals surface area contributed by atoms with Crippen LogP contribution in [0.15, 0.2) is 45.5 Å². The summed E-state index contributed by atoms with van der Waals surface area (Å²) >= 11 is 3.35. The molecule has 2 nitrogen and oxygen atoms in total. The minimum absolute atomic E-state index is 0.0947. The van der Waals surface area contributed by atoms with Crippen LogP contribution in [0.3, 0.4) is 0 Å². The highest BCUT2D eigenvalue weighted by Crippen LogP contribution is 2.27. The van der Waals surface area contributed by atoms with Gasteiger partial charge in [-0.2, -0.15) is 0 Å². The van der Waals surface area contributed by atoms with Crippen LogP contribution in [0.5, 0.6) is 0 Å². The maximum atomic E-state index is 5.64. The lowest BCUT2D eigenvalue weighted by atomic mass is 9.95. The Morgan fingerprint density at radius 2 is 1.74 bits per heavy atom. The number of furan rings is 1. The number of benzene rings is 1. The van der Waals surface area contributed by atoms with Crippen molar-refractivity contribution in [2.75, 3.05) is 7.05 Å². The summed E-state index contributed by atoms with van der Waals surface area (Å²) in [7, 11) is 1.95. The lowest BCUT2D eigenvalue weighted by Crippen LogP contribution is -2.17. The lowest BCUT2D eigenvalue weighted by molar-refractivity contribution is 0.447. The first kappa shape index (κ1) is 14.4. The Bertz CT molecular complexity index is 518. The molecule has 0 amide bonds. The molecule has 0 saturated carbocycles. The lowest BCUT2D eigenvalue weighted by Gasteiger charge is -2.16. The van der Waals surface area contributed by atoms with E-state index >= 15 is 0 Å². The topological polar surface area (TPSA) is 25.2 Å². The van der Waals surface area contributed by atoms with Gasteiger partial charge in [0.25, 0.3) is 0 Å². The van der Waals surface area contributed by atoms with E-state index < -0.39 is 0 Å². The SMILES string of the molecule is CCC(C)c1ccc(C(NC)c2ccc(Br)o2)cc1. The van der Waals surface area contributed by atoms with E-state index in [4.69, 9.17) is 4.42 Å². The summed E-state index contributed by atoms with van der Waals surface area (Å²) in [5.41, 5.74) is 2.61. The van der Waals surface area contributed by atoms with Crippen molar-refractivity contribution in [3.05, 3.63) is 58.0 Å². The van der Waals surface area contributed by atoms with Gasteiger partial charge < -0.3 is 9.73 Å². The molecule has 2 unspecified atom stereocenters. The van der Waals surface area contributed by atoms with Crippen molar-refractivity contribution in [2.45, 2.75) is 32.2 Å². The van der Waals surface area contributed by atoms with Crippen LogP contribution in [0.1, 0.15) is 49.1 Å². The zero-order valence-corrected chi connectivity index (χ0v) is 13.2. The van der Waals surface area contributed by atoms with Crippen molar-refractivity contribution in [1.82, 2.24) is 5.32 Å². The van der Waals surface area contributed by atoms with Crippen LogP contribution in [0, 0.1) is 0 Å². The number of hydrogen-bond acceptors (Lipinski definition) is 2. The fraction of sp³-hybridized carbons (Fsp3) is 0.375. The van der Waals surface area contributed by atoms with Crippen LogP contribution in [0.25, 0.3) is 0 Å². The van der Waals surface area contributed by atoms with Gasteiger partial charge in [-0.05, 0) is 58.6 Å². The summed E-state index contributed by atoms with van der Waals surface area (Å²) in [4.78, 5) is 0. The number of hydrogen-bond donors (Lipinski definition) is 1.